The van der Waals surface area contributed by atoms with E-state index in [9.17, 15) is 4.79 Å². The summed E-state index contributed by atoms with van der Waals surface area (Å²) >= 11 is 0. The van der Waals surface area contributed by atoms with Gasteiger partial charge in [-0.1, -0.05) is 48.0 Å². The lowest BCUT2D eigenvalue weighted by atomic mass is 10.0. The molecule has 0 aliphatic heterocycles. The molecule has 1 heterocycles. The maximum atomic E-state index is 12.7. The third-order valence-electron chi connectivity index (χ3n) is 4.26. The zero-order valence-electron chi connectivity index (χ0n) is 14.9. The number of benzene rings is 2. The Morgan fingerprint density at radius 2 is 1.84 bits per heavy atom. The van der Waals surface area contributed by atoms with Crippen molar-refractivity contribution >= 4 is 5.91 Å². The molecule has 0 saturated heterocycles. The predicted octanol–water partition coefficient (Wildman–Crippen LogP) is 3.82. The van der Waals surface area contributed by atoms with Crippen LogP contribution in [0.15, 0.2) is 60.9 Å². The van der Waals surface area contributed by atoms with Crippen LogP contribution in [0.25, 0.3) is 0 Å². The van der Waals surface area contributed by atoms with E-state index in [0.717, 1.165) is 28.8 Å². The van der Waals surface area contributed by atoms with Crippen LogP contribution in [0.3, 0.4) is 0 Å². The van der Waals surface area contributed by atoms with Crippen LogP contribution in [0, 0.1) is 13.8 Å². The molecule has 4 heteroatoms. The first-order valence-corrected chi connectivity index (χ1v) is 8.41. The van der Waals surface area contributed by atoms with Crippen molar-refractivity contribution < 1.29 is 4.79 Å². The lowest BCUT2D eigenvalue weighted by Crippen LogP contribution is -2.26. The van der Waals surface area contributed by atoms with Gasteiger partial charge in [0.2, 0.25) is 0 Å². The number of aromatic nitrogens is 2. The Kier molecular flexibility index (Phi) is 4.98. The maximum Gasteiger partial charge on any atom is 0.254 e. The van der Waals surface area contributed by atoms with Gasteiger partial charge in [-0.15, -0.1) is 0 Å². The average Bonchev–Trinajstić information content (AvgIpc) is 3.04. The van der Waals surface area contributed by atoms with Gasteiger partial charge in [-0.25, -0.2) is 0 Å². The molecule has 0 unspecified atom stereocenters. The smallest absolute Gasteiger partial charge is 0.254 e. The van der Waals surface area contributed by atoms with Crippen LogP contribution >= 0.6 is 0 Å². The molecule has 0 N–H and O–H groups in total. The van der Waals surface area contributed by atoms with Crippen LogP contribution in [0.4, 0.5) is 0 Å². The first-order chi connectivity index (χ1) is 12.0. The van der Waals surface area contributed by atoms with Crippen LogP contribution in [0.2, 0.25) is 0 Å². The van der Waals surface area contributed by atoms with E-state index < -0.39 is 0 Å². The van der Waals surface area contributed by atoms with Crippen molar-refractivity contribution in [3.63, 3.8) is 0 Å². The van der Waals surface area contributed by atoms with Crippen molar-refractivity contribution in [2.24, 2.45) is 0 Å². The molecule has 0 bridgehead atoms. The normalized spacial score (nSPS) is 10.7. The topological polar surface area (TPSA) is 38.1 Å². The molecule has 3 rings (SSSR count). The van der Waals surface area contributed by atoms with Crippen LogP contribution in [0.5, 0.6) is 0 Å². The van der Waals surface area contributed by atoms with Gasteiger partial charge >= 0.3 is 0 Å². The van der Waals surface area contributed by atoms with Gasteiger partial charge in [0, 0.05) is 30.9 Å². The predicted molar refractivity (Wildman–Crippen MR) is 99.5 cm³/mol. The van der Waals surface area contributed by atoms with E-state index in [0.29, 0.717) is 6.54 Å². The maximum absolute atomic E-state index is 12.7. The molecule has 0 spiro atoms. The number of carbonyl (C=O) groups is 1. The zero-order chi connectivity index (χ0) is 17.8. The Morgan fingerprint density at radius 3 is 2.60 bits per heavy atom. The van der Waals surface area contributed by atoms with E-state index in [-0.39, 0.29) is 5.91 Å². The van der Waals surface area contributed by atoms with Crippen LogP contribution in [-0.2, 0) is 13.1 Å². The Labute approximate surface area is 148 Å². The van der Waals surface area contributed by atoms with Crippen LogP contribution < -0.4 is 0 Å². The fourth-order valence-electron chi connectivity index (χ4n) is 2.86. The minimum absolute atomic E-state index is 0.0389. The molecular weight excluding hydrogens is 310 g/mol. The summed E-state index contributed by atoms with van der Waals surface area (Å²) in [5.41, 5.74) is 5.09. The number of amides is 1. The van der Waals surface area contributed by atoms with E-state index >= 15 is 0 Å². The van der Waals surface area contributed by atoms with Gasteiger partial charge in [0.15, 0.2) is 0 Å². The van der Waals surface area contributed by atoms with Gasteiger partial charge < -0.3 is 4.90 Å². The number of carbonyl (C=O) groups excluding carboxylic acids is 1. The zero-order valence-corrected chi connectivity index (χ0v) is 14.9. The van der Waals surface area contributed by atoms with Gasteiger partial charge in [-0.05, 0) is 31.0 Å². The molecule has 0 radical (unpaired) electrons. The molecule has 1 amide bonds. The van der Waals surface area contributed by atoms with Crippen molar-refractivity contribution in [1.29, 1.82) is 0 Å². The first kappa shape index (κ1) is 17.0. The Balaban J connectivity index is 1.68. The van der Waals surface area contributed by atoms with E-state index in [1.54, 1.807) is 4.90 Å². The van der Waals surface area contributed by atoms with Crippen LogP contribution in [-0.4, -0.2) is 27.6 Å². The van der Waals surface area contributed by atoms with E-state index in [1.807, 2.05) is 74.4 Å². The van der Waals surface area contributed by atoms with E-state index in [2.05, 4.69) is 17.2 Å². The molecule has 128 valence electrons. The largest absolute Gasteiger partial charge is 0.337 e. The number of aryl methyl sites for hydroxylation is 2. The highest BCUT2D eigenvalue weighted by Crippen LogP contribution is 2.14. The summed E-state index contributed by atoms with van der Waals surface area (Å²) in [4.78, 5) is 14.5. The Morgan fingerprint density at radius 1 is 1.08 bits per heavy atom. The standard InChI is InChI=1S/C21H23N3O/c1-16-9-10-17(2)20(11-16)21(25)23(3)13-19-12-22-24(15-19)14-18-7-5-4-6-8-18/h4-12,15H,13-14H2,1-3H3. The molecule has 2 aromatic carbocycles. The summed E-state index contributed by atoms with van der Waals surface area (Å²) in [5.74, 6) is 0.0389. The van der Waals surface area contributed by atoms with Crippen molar-refractivity contribution in [3.8, 4) is 0 Å². The third-order valence-corrected chi connectivity index (χ3v) is 4.26. The fraction of sp³-hybridized carbons (Fsp3) is 0.238. The van der Waals surface area contributed by atoms with Crippen molar-refractivity contribution in [2.75, 3.05) is 7.05 Å². The molecule has 0 aliphatic rings. The number of rotatable bonds is 5. The minimum atomic E-state index is 0.0389. The highest BCUT2D eigenvalue weighted by atomic mass is 16.2. The van der Waals surface area contributed by atoms with Gasteiger partial charge in [0.05, 0.1) is 12.7 Å². The van der Waals surface area contributed by atoms with Crippen LogP contribution in [0.1, 0.15) is 32.6 Å². The third kappa shape index (κ3) is 4.15. The molecule has 1 aromatic heterocycles. The lowest BCUT2D eigenvalue weighted by molar-refractivity contribution is 0.0784. The second-order valence-electron chi connectivity index (χ2n) is 6.51. The monoisotopic (exact) mass is 333 g/mol. The quantitative estimate of drug-likeness (QED) is 0.712. The molecule has 0 aliphatic carbocycles. The Hall–Kier alpha value is -2.88. The second kappa shape index (κ2) is 7.34. The van der Waals surface area contributed by atoms with Gasteiger partial charge in [0.1, 0.15) is 0 Å². The lowest BCUT2D eigenvalue weighted by Gasteiger charge is -2.18. The summed E-state index contributed by atoms with van der Waals surface area (Å²) < 4.78 is 1.90. The molecule has 4 nitrogen and oxygen atoms in total. The molecule has 0 atom stereocenters. The van der Waals surface area contributed by atoms with Crippen molar-refractivity contribution in [3.05, 3.63) is 88.7 Å². The number of hydrogen-bond donors (Lipinski definition) is 0. The molecule has 0 saturated carbocycles. The molecular formula is C21H23N3O. The summed E-state index contributed by atoms with van der Waals surface area (Å²) in [6, 6.07) is 16.2. The van der Waals surface area contributed by atoms with Gasteiger partial charge in [-0.3, -0.25) is 9.48 Å². The average molecular weight is 333 g/mol. The first-order valence-electron chi connectivity index (χ1n) is 8.41. The summed E-state index contributed by atoms with van der Waals surface area (Å²) in [5, 5.41) is 4.41. The highest BCUT2D eigenvalue weighted by Gasteiger charge is 2.15. The minimum Gasteiger partial charge on any atom is -0.337 e. The number of hydrogen-bond acceptors (Lipinski definition) is 2. The SMILES string of the molecule is Cc1ccc(C)c(C(=O)N(C)Cc2cnn(Cc3ccccc3)c2)c1. The van der Waals surface area contributed by atoms with Crippen molar-refractivity contribution in [2.45, 2.75) is 26.9 Å². The molecule has 3 aromatic rings. The van der Waals surface area contributed by atoms with E-state index in [4.69, 9.17) is 0 Å². The molecule has 25 heavy (non-hydrogen) atoms. The summed E-state index contributed by atoms with van der Waals surface area (Å²) in [6.07, 6.45) is 3.83. The summed E-state index contributed by atoms with van der Waals surface area (Å²) in [7, 11) is 1.83. The van der Waals surface area contributed by atoms with Gasteiger partial charge in [0.25, 0.3) is 5.91 Å². The van der Waals surface area contributed by atoms with E-state index in [1.165, 1.54) is 5.56 Å². The summed E-state index contributed by atoms with van der Waals surface area (Å²) in [6.45, 7) is 5.25. The second-order valence-corrected chi connectivity index (χ2v) is 6.51. The highest BCUT2D eigenvalue weighted by molar-refractivity contribution is 5.95. The Bertz CT molecular complexity index is 868. The van der Waals surface area contributed by atoms with Crippen molar-refractivity contribution in [1.82, 2.24) is 14.7 Å². The molecule has 0 fully saturated rings. The number of nitrogens with zero attached hydrogens (tertiary/aromatic N) is 3. The van der Waals surface area contributed by atoms with Gasteiger partial charge in [-0.2, -0.15) is 5.10 Å². The fourth-order valence-corrected chi connectivity index (χ4v) is 2.86.